The molecule has 2 aromatic heterocycles. The molecular formula is C23H25ClN4O4S2. The highest BCUT2D eigenvalue weighted by atomic mass is 35.5. The van der Waals surface area contributed by atoms with Gasteiger partial charge in [0.1, 0.15) is 17.4 Å². The number of anilines is 1. The molecule has 1 amide bonds. The van der Waals surface area contributed by atoms with E-state index >= 15 is 0 Å². The summed E-state index contributed by atoms with van der Waals surface area (Å²) in [5.41, 5.74) is 2.10. The first-order valence-electron chi connectivity index (χ1n) is 10.3. The Kier molecular flexibility index (Phi) is 8.76. The molecule has 0 aliphatic heterocycles. The van der Waals surface area contributed by atoms with Crippen LogP contribution >= 0.6 is 34.7 Å². The van der Waals surface area contributed by atoms with Gasteiger partial charge in [-0.25, -0.2) is 4.79 Å². The number of thiophene rings is 1. The smallest absolute Gasteiger partial charge is 0.341 e. The van der Waals surface area contributed by atoms with Crippen molar-refractivity contribution in [1.82, 2.24) is 14.8 Å². The number of aromatic nitrogens is 3. The molecule has 0 saturated carbocycles. The number of rotatable bonds is 10. The standard InChI is InChI=1S/C23H25ClN4O4S2/c1-6-9-28-18(11-32-16-7-8-17(24)13(2)10-16)26-27-23(28)33-12-19(29)25-21-20(22(30)31-5)14(3)15(4)34-21/h6-8,10H,1,9,11-12H2,2-5H3,(H,25,29). The summed E-state index contributed by atoms with van der Waals surface area (Å²) in [4.78, 5) is 25.7. The van der Waals surface area contributed by atoms with E-state index in [0.29, 0.717) is 38.9 Å². The number of carbonyl (C=O) groups is 2. The highest BCUT2D eigenvalue weighted by Crippen LogP contribution is 2.33. The molecule has 0 aliphatic rings. The molecular weight excluding hydrogens is 496 g/mol. The van der Waals surface area contributed by atoms with Crippen LogP contribution in [0.3, 0.4) is 0 Å². The van der Waals surface area contributed by atoms with Gasteiger partial charge in [-0.15, -0.1) is 28.1 Å². The van der Waals surface area contributed by atoms with Crippen LogP contribution < -0.4 is 10.1 Å². The maximum Gasteiger partial charge on any atom is 0.341 e. The Morgan fingerprint density at radius 1 is 1.29 bits per heavy atom. The summed E-state index contributed by atoms with van der Waals surface area (Å²) in [5.74, 6) is 0.623. The predicted molar refractivity (Wildman–Crippen MR) is 135 cm³/mol. The summed E-state index contributed by atoms with van der Waals surface area (Å²) in [6.07, 6.45) is 1.73. The minimum absolute atomic E-state index is 0.0864. The first-order chi connectivity index (χ1) is 16.2. The molecule has 3 aromatic rings. The minimum atomic E-state index is -0.476. The zero-order chi connectivity index (χ0) is 24.8. The monoisotopic (exact) mass is 520 g/mol. The van der Waals surface area contributed by atoms with E-state index in [4.69, 9.17) is 21.1 Å². The van der Waals surface area contributed by atoms with Crippen LogP contribution in [0.1, 0.15) is 32.2 Å². The van der Waals surface area contributed by atoms with Crippen molar-refractivity contribution >= 4 is 51.6 Å². The van der Waals surface area contributed by atoms with Crippen molar-refractivity contribution in [2.24, 2.45) is 0 Å². The van der Waals surface area contributed by atoms with Gasteiger partial charge in [-0.05, 0) is 50.1 Å². The van der Waals surface area contributed by atoms with Gasteiger partial charge in [0, 0.05) is 16.4 Å². The van der Waals surface area contributed by atoms with Gasteiger partial charge in [0.15, 0.2) is 11.0 Å². The van der Waals surface area contributed by atoms with E-state index in [-0.39, 0.29) is 18.3 Å². The van der Waals surface area contributed by atoms with E-state index in [0.717, 1.165) is 16.0 Å². The summed E-state index contributed by atoms with van der Waals surface area (Å²) in [6, 6.07) is 5.43. The molecule has 0 fully saturated rings. The fraction of sp³-hybridized carbons (Fsp3) is 0.304. The Hall–Kier alpha value is -2.82. The summed E-state index contributed by atoms with van der Waals surface area (Å²) in [5, 5.41) is 13.0. The van der Waals surface area contributed by atoms with Gasteiger partial charge in [-0.2, -0.15) is 0 Å². The average molecular weight is 521 g/mol. The van der Waals surface area contributed by atoms with E-state index < -0.39 is 5.97 Å². The number of esters is 1. The van der Waals surface area contributed by atoms with E-state index in [2.05, 4.69) is 22.1 Å². The lowest BCUT2D eigenvalue weighted by Crippen LogP contribution is -2.16. The molecule has 11 heteroatoms. The number of amides is 1. The highest BCUT2D eigenvalue weighted by molar-refractivity contribution is 7.99. The van der Waals surface area contributed by atoms with Crippen LogP contribution in [-0.4, -0.2) is 39.5 Å². The molecule has 0 radical (unpaired) electrons. The van der Waals surface area contributed by atoms with Crippen molar-refractivity contribution in [3.63, 3.8) is 0 Å². The number of aryl methyl sites for hydroxylation is 2. The summed E-state index contributed by atoms with van der Waals surface area (Å²) in [6.45, 7) is 10.1. The molecule has 8 nitrogen and oxygen atoms in total. The highest BCUT2D eigenvalue weighted by Gasteiger charge is 2.22. The number of hydrogen-bond acceptors (Lipinski definition) is 8. The van der Waals surface area contributed by atoms with Gasteiger partial charge in [0.05, 0.1) is 18.4 Å². The molecule has 3 rings (SSSR count). The Bertz CT molecular complexity index is 1220. The van der Waals surface area contributed by atoms with E-state index in [9.17, 15) is 9.59 Å². The summed E-state index contributed by atoms with van der Waals surface area (Å²) < 4.78 is 12.5. The van der Waals surface area contributed by atoms with Gasteiger partial charge < -0.3 is 14.8 Å². The maximum atomic E-state index is 12.6. The average Bonchev–Trinajstić information content (AvgIpc) is 3.32. The molecule has 0 unspecified atom stereocenters. The second kappa shape index (κ2) is 11.5. The number of allylic oxidation sites excluding steroid dienone is 1. The van der Waals surface area contributed by atoms with Gasteiger partial charge in [0.2, 0.25) is 5.91 Å². The van der Waals surface area contributed by atoms with Gasteiger partial charge >= 0.3 is 5.97 Å². The van der Waals surface area contributed by atoms with Crippen molar-refractivity contribution in [3.8, 4) is 5.75 Å². The number of carbonyl (C=O) groups excluding carboxylic acids is 2. The Morgan fingerprint density at radius 2 is 2.06 bits per heavy atom. The number of halogens is 1. The molecule has 1 N–H and O–H groups in total. The molecule has 2 heterocycles. The van der Waals surface area contributed by atoms with Crippen LogP contribution in [0.15, 0.2) is 36.0 Å². The second-order valence-electron chi connectivity index (χ2n) is 7.31. The normalized spacial score (nSPS) is 10.7. The van der Waals surface area contributed by atoms with Crippen molar-refractivity contribution in [3.05, 3.63) is 63.3 Å². The van der Waals surface area contributed by atoms with Crippen molar-refractivity contribution in [2.45, 2.75) is 39.1 Å². The number of hydrogen-bond donors (Lipinski definition) is 1. The SMILES string of the molecule is C=CCn1c(COc2ccc(Cl)c(C)c2)nnc1SCC(=O)Nc1sc(C)c(C)c1C(=O)OC. The number of nitrogens with one attached hydrogen (secondary N) is 1. The van der Waals surface area contributed by atoms with Crippen LogP contribution in [0.2, 0.25) is 5.02 Å². The summed E-state index contributed by atoms with van der Waals surface area (Å²) >= 11 is 8.65. The van der Waals surface area contributed by atoms with Crippen LogP contribution in [0.25, 0.3) is 0 Å². The zero-order valence-corrected chi connectivity index (χ0v) is 21.7. The molecule has 0 atom stereocenters. The third-order valence-corrected chi connectivity index (χ3v) is 7.48. The second-order valence-corrected chi connectivity index (χ2v) is 9.89. The first-order valence-corrected chi connectivity index (χ1v) is 12.5. The largest absolute Gasteiger partial charge is 0.486 e. The maximum absolute atomic E-state index is 12.6. The van der Waals surface area contributed by atoms with Crippen molar-refractivity contribution in [1.29, 1.82) is 0 Å². The van der Waals surface area contributed by atoms with Crippen LogP contribution in [0.4, 0.5) is 5.00 Å². The van der Waals surface area contributed by atoms with Crippen molar-refractivity contribution in [2.75, 3.05) is 18.2 Å². The molecule has 1 aromatic carbocycles. The number of methoxy groups -OCH3 is 1. The number of nitrogens with zero attached hydrogens (tertiary/aromatic N) is 3. The Balaban J connectivity index is 1.67. The van der Waals surface area contributed by atoms with Gasteiger partial charge in [-0.3, -0.25) is 9.36 Å². The third-order valence-electron chi connectivity index (χ3n) is 4.96. The van der Waals surface area contributed by atoms with Crippen LogP contribution in [0.5, 0.6) is 5.75 Å². The lowest BCUT2D eigenvalue weighted by atomic mass is 10.1. The topological polar surface area (TPSA) is 95.3 Å². The fourth-order valence-corrected chi connectivity index (χ4v) is 5.00. The third kappa shape index (κ3) is 5.99. The molecule has 180 valence electrons. The minimum Gasteiger partial charge on any atom is -0.486 e. The van der Waals surface area contributed by atoms with Crippen LogP contribution in [0, 0.1) is 20.8 Å². The fourth-order valence-electron chi connectivity index (χ4n) is 3.06. The van der Waals surface area contributed by atoms with E-state index in [1.54, 1.807) is 18.2 Å². The predicted octanol–water partition coefficient (Wildman–Crippen LogP) is 5.20. The Morgan fingerprint density at radius 3 is 2.74 bits per heavy atom. The van der Waals surface area contributed by atoms with Crippen LogP contribution in [-0.2, 0) is 22.7 Å². The molecule has 34 heavy (non-hydrogen) atoms. The summed E-state index contributed by atoms with van der Waals surface area (Å²) in [7, 11) is 1.32. The molecule has 0 saturated heterocycles. The molecule has 0 aliphatic carbocycles. The van der Waals surface area contributed by atoms with Gasteiger partial charge in [-0.1, -0.05) is 29.4 Å². The number of benzene rings is 1. The van der Waals surface area contributed by atoms with Gasteiger partial charge in [0.25, 0.3) is 0 Å². The number of thioether (sulfide) groups is 1. The van der Waals surface area contributed by atoms with Crippen molar-refractivity contribution < 1.29 is 19.1 Å². The zero-order valence-electron chi connectivity index (χ0n) is 19.3. The van der Waals surface area contributed by atoms with E-state index in [1.165, 1.54) is 30.2 Å². The number of ether oxygens (including phenoxy) is 2. The lowest BCUT2D eigenvalue weighted by molar-refractivity contribution is -0.113. The first kappa shape index (κ1) is 25.8. The Labute approximate surface area is 211 Å². The van der Waals surface area contributed by atoms with E-state index in [1.807, 2.05) is 31.4 Å². The molecule has 0 spiro atoms. The molecule has 0 bridgehead atoms. The lowest BCUT2D eigenvalue weighted by Gasteiger charge is -2.10. The quantitative estimate of drug-likeness (QED) is 0.223.